The van der Waals surface area contributed by atoms with Crippen molar-refractivity contribution in [2.45, 2.75) is 10.8 Å². The van der Waals surface area contributed by atoms with Crippen molar-refractivity contribution >= 4 is 17.1 Å². The lowest BCUT2D eigenvalue weighted by Gasteiger charge is -2.39. The highest BCUT2D eigenvalue weighted by molar-refractivity contribution is 5.94. The summed E-state index contributed by atoms with van der Waals surface area (Å²) in [6.07, 6.45) is 0. The smallest absolute Gasteiger partial charge is 0.132 e. The van der Waals surface area contributed by atoms with Gasteiger partial charge in [0.1, 0.15) is 11.5 Å². The van der Waals surface area contributed by atoms with Crippen LogP contribution in [0.4, 0.5) is 17.1 Å². The number of hydrogen-bond acceptors (Lipinski definition) is 2. The van der Waals surface area contributed by atoms with Gasteiger partial charge in [-0.2, -0.15) is 0 Å². The molecule has 58 heavy (non-hydrogen) atoms. The fourth-order valence-corrected chi connectivity index (χ4v) is 10.4. The highest BCUT2D eigenvalue weighted by atomic mass is 16.5. The van der Waals surface area contributed by atoms with Gasteiger partial charge in [-0.1, -0.05) is 182 Å². The molecule has 0 unspecified atom stereocenters. The van der Waals surface area contributed by atoms with E-state index >= 15 is 0 Å². The Hall–Kier alpha value is -7.42. The van der Waals surface area contributed by atoms with Crippen molar-refractivity contribution in [2.75, 3.05) is 4.90 Å². The number of rotatable bonds is 5. The predicted octanol–water partition coefficient (Wildman–Crippen LogP) is 14.0. The number of nitrogens with zero attached hydrogens (tertiary/aromatic N) is 1. The molecule has 3 aliphatic rings. The molecule has 0 bridgehead atoms. The summed E-state index contributed by atoms with van der Waals surface area (Å²) in [6.45, 7) is 0. The van der Waals surface area contributed by atoms with E-state index in [0.717, 1.165) is 78.3 Å². The van der Waals surface area contributed by atoms with E-state index in [1.54, 1.807) is 0 Å². The normalized spacial score (nSPS) is 15.5. The summed E-state index contributed by atoms with van der Waals surface area (Å²) in [5.74, 6) is 1.59. The van der Waals surface area contributed by atoms with Crippen LogP contribution < -0.4 is 9.64 Å². The molecule has 0 N–H and O–H groups in total. The number of para-hydroxylation sites is 4. The van der Waals surface area contributed by atoms with E-state index in [4.69, 9.17) is 8.85 Å². The van der Waals surface area contributed by atoms with Crippen molar-refractivity contribution in [1.29, 1.82) is 0 Å². The lowest BCUT2D eigenvalue weighted by atomic mass is 9.66. The maximum atomic E-state index is 9.55. The average Bonchev–Trinajstić information content (AvgIpc) is 3.80. The Morgan fingerprint density at radius 2 is 0.828 bits per heavy atom. The zero-order valence-electron chi connectivity index (χ0n) is 36.3. The zero-order valence-corrected chi connectivity index (χ0v) is 31.3. The molecule has 0 fully saturated rings. The summed E-state index contributed by atoms with van der Waals surface area (Å²) in [6, 6.07) is 65.3. The summed E-state index contributed by atoms with van der Waals surface area (Å²) in [5.41, 5.74) is 12.6. The molecule has 9 aromatic rings. The molecule has 1 spiro atoms. The van der Waals surface area contributed by atoms with Crippen molar-refractivity contribution in [2.24, 2.45) is 0 Å². The van der Waals surface area contributed by atoms with E-state index in [9.17, 15) is 2.74 Å². The summed E-state index contributed by atoms with van der Waals surface area (Å²) < 4.78 is 52.3. The topological polar surface area (TPSA) is 12.5 Å². The van der Waals surface area contributed by atoms with Crippen molar-refractivity contribution in [3.63, 3.8) is 0 Å². The second kappa shape index (κ2) is 12.5. The van der Waals surface area contributed by atoms with Crippen molar-refractivity contribution in [3.8, 4) is 33.8 Å². The van der Waals surface area contributed by atoms with Gasteiger partial charge in [0.2, 0.25) is 0 Å². The lowest BCUT2D eigenvalue weighted by molar-refractivity contribution is 0.436. The Labute approximate surface area is 345 Å². The quantitative estimate of drug-likeness (QED) is 0.174. The van der Waals surface area contributed by atoms with E-state index in [2.05, 4.69) is 146 Å². The maximum absolute atomic E-state index is 9.55. The molecule has 1 heterocycles. The van der Waals surface area contributed by atoms with Gasteiger partial charge < -0.3 is 9.64 Å². The molecule has 0 aromatic heterocycles. The first-order chi connectivity index (χ1) is 30.9. The number of ether oxygens (including phenoxy) is 1. The molecule has 0 radical (unpaired) electrons. The van der Waals surface area contributed by atoms with Gasteiger partial charge in [-0.05, 0) is 98.1 Å². The Morgan fingerprint density at radius 1 is 0.362 bits per heavy atom. The fourth-order valence-electron chi connectivity index (χ4n) is 10.4. The molecule has 2 nitrogen and oxygen atoms in total. The first kappa shape index (κ1) is 28.0. The van der Waals surface area contributed by atoms with E-state index in [1.807, 2.05) is 53.4 Å². The lowest BCUT2D eigenvalue weighted by Crippen LogP contribution is -2.32. The van der Waals surface area contributed by atoms with Crippen LogP contribution in [-0.2, 0) is 10.8 Å². The molecule has 0 saturated heterocycles. The molecule has 2 aliphatic carbocycles. The Bertz CT molecular complexity index is 3240. The maximum Gasteiger partial charge on any atom is 0.132 e. The third kappa shape index (κ3) is 4.32. The first-order valence-corrected chi connectivity index (χ1v) is 19.7. The van der Waals surface area contributed by atoms with Gasteiger partial charge >= 0.3 is 0 Å². The van der Waals surface area contributed by atoms with Gasteiger partial charge in [-0.25, -0.2) is 0 Å². The molecule has 0 atom stereocenters. The minimum absolute atomic E-state index is 0.0685. The molecule has 272 valence electrons. The molecule has 12 rings (SSSR count). The highest BCUT2D eigenvalue weighted by Crippen LogP contribution is 2.63. The molecule has 0 amide bonds. The Morgan fingerprint density at radius 3 is 1.45 bits per heavy atom. The second-order valence-corrected chi connectivity index (χ2v) is 15.2. The van der Waals surface area contributed by atoms with E-state index < -0.39 is 29.0 Å². The largest absolute Gasteiger partial charge is 0.457 e. The molecule has 1 aliphatic heterocycles. The molecular weight excluding hydrogens is 703 g/mol. The molecule has 2 heteroatoms. The van der Waals surface area contributed by atoms with Crippen LogP contribution in [0.25, 0.3) is 22.3 Å². The van der Waals surface area contributed by atoms with Gasteiger partial charge in [0.15, 0.2) is 0 Å². The van der Waals surface area contributed by atoms with Gasteiger partial charge in [-0.15, -0.1) is 0 Å². The van der Waals surface area contributed by atoms with E-state index in [1.165, 1.54) is 0 Å². The summed E-state index contributed by atoms with van der Waals surface area (Å²) in [7, 11) is 0. The predicted molar refractivity (Wildman–Crippen MR) is 236 cm³/mol. The van der Waals surface area contributed by atoms with Crippen LogP contribution in [-0.4, -0.2) is 0 Å². The van der Waals surface area contributed by atoms with Crippen molar-refractivity contribution < 1.29 is 11.6 Å². The fraction of sp³-hybridized carbons (Fsp3) is 0.0357. The van der Waals surface area contributed by atoms with Gasteiger partial charge in [0.05, 0.1) is 23.4 Å². The monoisotopic (exact) mass is 744 g/mol. The molecular formula is C56H37NO. The molecule has 9 aromatic carbocycles. The summed E-state index contributed by atoms with van der Waals surface area (Å²) >= 11 is 0. The van der Waals surface area contributed by atoms with Crippen LogP contribution in [0.15, 0.2) is 224 Å². The highest BCUT2D eigenvalue weighted by Gasteiger charge is 2.52. The van der Waals surface area contributed by atoms with Gasteiger partial charge in [0, 0.05) is 22.5 Å². The van der Waals surface area contributed by atoms with Crippen LogP contribution >= 0.6 is 0 Å². The summed E-state index contributed by atoms with van der Waals surface area (Å²) in [5, 5.41) is 0. The van der Waals surface area contributed by atoms with Crippen LogP contribution in [0.1, 0.15) is 51.4 Å². The van der Waals surface area contributed by atoms with E-state index in [0.29, 0.717) is 11.4 Å². The number of benzene rings is 9. The van der Waals surface area contributed by atoms with Gasteiger partial charge in [0.25, 0.3) is 0 Å². The second-order valence-electron chi connectivity index (χ2n) is 15.2. The Balaban J connectivity index is 1.19. The van der Waals surface area contributed by atoms with Crippen LogP contribution in [0.5, 0.6) is 11.5 Å². The minimum Gasteiger partial charge on any atom is -0.457 e. The van der Waals surface area contributed by atoms with Gasteiger partial charge in [-0.3, -0.25) is 0 Å². The number of anilines is 3. The van der Waals surface area contributed by atoms with Crippen LogP contribution in [0.2, 0.25) is 0 Å². The van der Waals surface area contributed by atoms with Crippen LogP contribution in [0.3, 0.4) is 0 Å². The Kier molecular flexibility index (Phi) is 6.07. The van der Waals surface area contributed by atoms with E-state index in [-0.39, 0.29) is 17.8 Å². The molecule has 0 saturated carbocycles. The average molecular weight is 745 g/mol. The zero-order chi connectivity index (χ0) is 42.6. The van der Waals surface area contributed by atoms with Crippen molar-refractivity contribution in [3.05, 3.63) is 269 Å². The summed E-state index contributed by atoms with van der Waals surface area (Å²) in [4.78, 5) is 1.91. The first-order valence-electron chi connectivity index (χ1n) is 22.2. The number of fused-ring (bicyclic) bond motifs is 12. The van der Waals surface area contributed by atoms with Crippen LogP contribution in [0, 0.1) is 0 Å². The van der Waals surface area contributed by atoms with Crippen molar-refractivity contribution in [1.82, 2.24) is 0 Å². The third-order valence-corrected chi connectivity index (χ3v) is 12.5. The number of hydrogen-bond donors (Lipinski definition) is 0. The SMILES string of the molecule is [2H]c1c([2H])c([2H])c(N(c2ccc3c(c2)-c2ccccc2C32c3ccccc3Oc3ccccc32)c2ccccc2C2(c3ccccc3)c3ccccc3-c3ccccc32)c([2H])c1[2H]. The minimum atomic E-state index is -0.848. The third-order valence-electron chi connectivity index (χ3n) is 12.5. The standard InChI is InChI=1S/C56H37NO/c1-3-19-38(20-4-1)55(45-26-10-7-23-41(45)42-24-8-11-27-46(42)55)49-29-13-16-32-52(49)57(39-21-5-2-6-22-39)40-35-36-48-44(37-40)43-25-9-12-28-47(43)56(48)50-30-14-17-33-53(50)58-54-34-18-15-31-51(54)56/h1-37H/i2D,5D,6D,21D,22D.